The summed E-state index contributed by atoms with van der Waals surface area (Å²) < 4.78 is 0. The van der Waals surface area contributed by atoms with Gasteiger partial charge in [0, 0.05) is 18.8 Å². The smallest absolute Gasteiger partial charge is 0.0717 e. The molecule has 1 aromatic carbocycles. The van der Waals surface area contributed by atoms with Gasteiger partial charge in [-0.25, -0.2) is 0 Å². The van der Waals surface area contributed by atoms with Gasteiger partial charge in [0.05, 0.1) is 6.10 Å². The maximum Gasteiger partial charge on any atom is 0.0717 e. The highest BCUT2D eigenvalue weighted by Gasteiger charge is 2.20. The Morgan fingerprint density at radius 3 is 2.68 bits per heavy atom. The van der Waals surface area contributed by atoms with Crippen LogP contribution in [0, 0.1) is 12.8 Å². The molecule has 2 rings (SSSR count). The van der Waals surface area contributed by atoms with Gasteiger partial charge >= 0.3 is 0 Å². The third-order valence-electron chi connectivity index (χ3n) is 4.26. The highest BCUT2D eigenvalue weighted by molar-refractivity contribution is 5.48. The lowest BCUT2D eigenvalue weighted by Gasteiger charge is -2.27. The molecule has 0 heterocycles. The minimum atomic E-state index is -0.191. The van der Waals surface area contributed by atoms with Gasteiger partial charge in [-0.2, -0.15) is 0 Å². The first-order chi connectivity index (χ1) is 9.19. The zero-order valence-corrected chi connectivity index (χ0v) is 12.3. The van der Waals surface area contributed by atoms with Crippen LogP contribution < -0.4 is 4.90 Å². The molecule has 106 valence electrons. The average molecular weight is 261 g/mol. The molecular weight excluding hydrogens is 234 g/mol. The summed E-state index contributed by atoms with van der Waals surface area (Å²) in [6, 6.07) is 8.55. The molecule has 1 saturated carbocycles. The predicted molar refractivity (Wildman–Crippen MR) is 81.6 cm³/mol. The monoisotopic (exact) mass is 261 g/mol. The molecule has 0 aromatic heterocycles. The highest BCUT2D eigenvalue weighted by Crippen LogP contribution is 2.29. The number of likely N-dealkylation sites (N-methyl/N-ethyl adjacent to an activating group) is 1. The second-order valence-electron chi connectivity index (χ2n) is 5.92. The first-order valence-electron chi connectivity index (χ1n) is 7.68. The Hall–Kier alpha value is -1.02. The normalized spacial score (nSPS) is 17.6. The van der Waals surface area contributed by atoms with Crippen LogP contribution in [0.1, 0.15) is 44.6 Å². The van der Waals surface area contributed by atoms with Gasteiger partial charge in [0.1, 0.15) is 0 Å². The molecule has 1 N–H and O–H groups in total. The minimum absolute atomic E-state index is 0.191. The van der Waals surface area contributed by atoms with Crippen molar-refractivity contribution in [2.75, 3.05) is 18.0 Å². The number of benzene rings is 1. The number of aliphatic hydroxyl groups is 1. The van der Waals surface area contributed by atoms with Crippen molar-refractivity contribution in [2.24, 2.45) is 5.92 Å². The van der Waals surface area contributed by atoms with Crippen LogP contribution in [-0.2, 0) is 0 Å². The second kappa shape index (κ2) is 6.95. The van der Waals surface area contributed by atoms with Gasteiger partial charge in [0.2, 0.25) is 0 Å². The van der Waals surface area contributed by atoms with Gasteiger partial charge < -0.3 is 10.0 Å². The molecule has 0 bridgehead atoms. The lowest BCUT2D eigenvalue weighted by Crippen LogP contribution is -2.33. The van der Waals surface area contributed by atoms with Crippen molar-refractivity contribution in [3.63, 3.8) is 0 Å². The van der Waals surface area contributed by atoms with Crippen molar-refractivity contribution in [2.45, 2.75) is 52.1 Å². The van der Waals surface area contributed by atoms with E-state index >= 15 is 0 Å². The van der Waals surface area contributed by atoms with Crippen LogP contribution >= 0.6 is 0 Å². The number of anilines is 1. The summed E-state index contributed by atoms with van der Waals surface area (Å²) in [5.41, 5.74) is 2.51. The van der Waals surface area contributed by atoms with Crippen molar-refractivity contribution in [3.8, 4) is 0 Å². The molecule has 0 aliphatic heterocycles. The van der Waals surface area contributed by atoms with Crippen molar-refractivity contribution in [3.05, 3.63) is 29.8 Å². The van der Waals surface area contributed by atoms with E-state index < -0.39 is 0 Å². The Morgan fingerprint density at radius 2 is 2.05 bits per heavy atom. The van der Waals surface area contributed by atoms with Crippen LogP contribution in [0.15, 0.2) is 24.3 Å². The van der Waals surface area contributed by atoms with Gasteiger partial charge in [-0.1, -0.05) is 37.8 Å². The topological polar surface area (TPSA) is 23.5 Å². The largest absolute Gasteiger partial charge is 0.391 e. The van der Waals surface area contributed by atoms with E-state index in [0.717, 1.165) is 25.4 Å². The molecule has 0 radical (unpaired) electrons. The first-order valence-corrected chi connectivity index (χ1v) is 7.68. The van der Waals surface area contributed by atoms with Crippen LogP contribution in [0.25, 0.3) is 0 Å². The average Bonchev–Trinajstić information content (AvgIpc) is 2.88. The Balaban J connectivity index is 1.90. The molecule has 0 amide bonds. The fourth-order valence-corrected chi connectivity index (χ4v) is 3.20. The number of aryl methyl sites for hydroxylation is 1. The summed E-state index contributed by atoms with van der Waals surface area (Å²) in [4.78, 5) is 2.28. The molecule has 2 nitrogen and oxygen atoms in total. The summed E-state index contributed by atoms with van der Waals surface area (Å²) in [5, 5.41) is 10.3. The fourth-order valence-electron chi connectivity index (χ4n) is 3.20. The maximum absolute atomic E-state index is 10.3. The molecule has 1 unspecified atom stereocenters. The fraction of sp³-hybridized carbons (Fsp3) is 0.647. The summed E-state index contributed by atoms with van der Waals surface area (Å²) in [6.45, 7) is 5.98. The van der Waals surface area contributed by atoms with Crippen LogP contribution in [0.3, 0.4) is 0 Å². The number of hydrogen-bond acceptors (Lipinski definition) is 2. The molecule has 1 aromatic rings. The standard InChI is InChI=1S/C17H27NO/c1-3-18(16-10-6-7-14(2)11-16)13-17(19)12-15-8-4-5-9-15/h6-7,10-11,15,17,19H,3-5,8-9,12-13H2,1-2H3. The molecule has 2 heteroatoms. The first kappa shape index (κ1) is 14.4. The van der Waals surface area contributed by atoms with Gasteiger partial charge in [-0.3, -0.25) is 0 Å². The molecule has 19 heavy (non-hydrogen) atoms. The number of nitrogens with zero attached hydrogens (tertiary/aromatic N) is 1. The van der Waals surface area contributed by atoms with Crippen molar-refractivity contribution in [1.82, 2.24) is 0 Å². The zero-order valence-electron chi connectivity index (χ0n) is 12.3. The SMILES string of the molecule is CCN(CC(O)CC1CCCC1)c1cccc(C)c1. The maximum atomic E-state index is 10.3. The molecule has 1 aliphatic carbocycles. The third kappa shape index (κ3) is 4.24. The number of aliphatic hydroxyl groups excluding tert-OH is 1. The van der Waals surface area contributed by atoms with E-state index in [-0.39, 0.29) is 6.10 Å². The van der Waals surface area contributed by atoms with E-state index in [4.69, 9.17) is 0 Å². The van der Waals surface area contributed by atoms with Gasteiger partial charge in [-0.15, -0.1) is 0 Å². The highest BCUT2D eigenvalue weighted by atomic mass is 16.3. The molecule has 1 aliphatic rings. The van der Waals surface area contributed by atoms with Crippen molar-refractivity contribution < 1.29 is 5.11 Å². The Kier molecular flexibility index (Phi) is 5.26. The second-order valence-corrected chi connectivity index (χ2v) is 5.92. The van der Waals surface area contributed by atoms with Crippen LogP contribution in [0.5, 0.6) is 0 Å². The van der Waals surface area contributed by atoms with E-state index in [1.165, 1.54) is 36.9 Å². The molecular formula is C17H27NO. The van der Waals surface area contributed by atoms with Gasteiger partial charge in [-0.05, 0) is 43.9 Å². The summed E-state index contributed by atoms with van der Waals surface area (Å²) in [6.07, 6.45) is 6.12. The molecule has 1 fully saturated rings. The third-order valence-corrected chi connectivity index (χ3v) is 4.26. The lowest BCUT2D eigenvalue weighted by atomic mass is 9.99. The van der Waals surface area contributed by atoms with Crippen LogP contribution in [0.2, 0.25) is 0 Å². The quantitative estimate of drug-likeness (QED) is 0.842. The number of rotatable bonds is 6. The van der Waals surface area contributed by atoms with Gasteiger partial charge in [0.15, 0.2) is 0 Å². The van der Waals surface area contributed by atoms with Crippen molar-refractivity contribution in [1.29, 1.82) is 0 Å². The summed E-state index contributed by atoms with van der Waals surface area (Å²) in [7, 11) is 0. The number of hydrogen-bond donors (Lipinski definition) is 1. The summed E-state index contributed by atoms with van der Waals surface area (Å²) in [5.74, 6) is 0.756. The van der Waals surface area contributed by atoms with E-state index in [2.05, 4.69) is 43.0 Å². The molecule has 0 spiro atoms. The molecule has 0 saturated heterocycles. The Morgan fingerprint density at radius 1 is 1.32 bits per heavy atom. The van der Waals surface area contributed by atoms with E-state index in [1.807, 2.05) is 0 Å². The van der Waals surface area contributed by atoms with E-state index in [0.29, 0.717) is 0 Å². The minimum Gasteiger partial charge on any atom is -0.391 e. The van der Waals surface area contributed by atoms with Crippen LogP contribution in [0.4, 0.5) is 5.69 Å². The van der Waals surface area contributed by atoms with E-state index in [1.54, 1.807) is 0 Å². The van der Waals surface area contributed by atoms with E-state index in [9.17, 15) is 5.11 Å². The Bertz CT molecular complexity index is 385. The van der Waals surface area contributed by atoms with Crippen LogP contribution in [-0.4, -0.2) is 24.3 Å². The predicted octanol–water partition coefficient (Wildman–Crippen LogP) is 3.76. The lowest BCUT2D eigenvalue weighted by molar-refractivity contribution is 0.148. The van der Waals surface area contributed by atoms with Crippen molar-refractivity contribution >= 4 is 5.69 Å². The summed E-state index contributed by atoms with van der Waals surface area (Å²) >= 11 is 0. The zero-order chi connectivity index (χ0) is 13.7. The Labute approximate surface area is 117 Å². The molecule has 1 atom stereocenters. The van der Waals surface area contributed by atoms with Gasteiger partial charge in [0.25, 0.3) is 0 Å².